The molecule has 2 N–H and O–H groups in total. The van der Waals surface area contributed by atoms with Crippen molar-refractivity contribution in [3.05, 3.63) is 35.4 Å². The van der Waals surface area contributed by atoms with Gasteiger partial charge >= 0.3 is 0 Å². The standard InChI is InChI=1S/C19H31N/c1-5-15-10-11-19(12-15,14-20)13-16-6-8-17(9-7-16)18(2,3)4/h6-9,15H,5,10-14,20H2,1-4H3. The molecule has 1 aliphatic rings. The highest BCUT2D eigenvalue weighted by Crippen LogP contribution is 2.44. The van der Waals surface area contributed by atoms with E-state index < -0.39 is 0 Å². The maximum atomic E-state index is 6.13. The minimum atomic E-state index is 0.241. The minimum absolute atomic E-state index is 0.241. The smallest absolute Gasteiger partial charge is 0.00172 e. The van der Waals surface area contributed by atoms with E-state index in [-0.39, 0.29) is 5.41 Å². The molecule has 1 aliphatic carbocycles. The Bertz CT molecular complexity index is 426. The summed E-state index contributed by atoms with van der Waals surface area (Å²) in [4.78, 5) is 0. The third kappa shape index (κ3) is 3.44. The fraction of sp³-hybridized carbons (Fsp3) is 0.684. The van der Waals surface area contributed by atoms with E-state index in [4.69, 9.17) is 5.73 Å². The highest BCUT2D eigenvalue weighted by Gasteiger charge is 2.37. The molecule has 1 aromatic rings. The predicted molar refractivity (Wildman–Crippen MR) is 88.0 cm³/mol. The van der Waals surface area contributed by atoms with E-state index in [1.807, 2.05) is 0 Å². The Balaban J connectivity index is 2.09. The molecule has 1 nitrogen and oxygen atoms in total. The highest BCUT2D eigenvalue weighted by molar-refractivity contribution is 5.28. The van der Waals surface area contributed by atoms with Crippen molar-refractivity contribution in [3.8, 4) is 0 Å². The van der Waals surface area contributed by atoms with Crippen LogP contribution in [0.1, 0.15) is 64.5 Å². The first-order chi connectivity index (χ1) is 9.38. The van der Waals surface area contributed by atoms with Gasteiger partial charge in [0.25, 0.3) is 0 Å². The van der Waals surface area contributed by atoms with Gasteiger partial charge in [-0.1, -0.05) is 58.4 Å². The summed E-state index contributed by atoms with van der Waals surface area (Å²) < 4.78 is 0. The van der Waals surface area contributed by atoms with Crippen molar-refractivity contribution in [3.63, 3.8) is 0 Å². The zero-order chi connectivity index (χ0) is 14.8. The van der Waals surface area contributed by atoms with Crippen molar-refractivity contribution >= 4 is 0 Å². The van der Waals surface area contributed by atoms with Crippen LogP contribution in [0.15, 0.2) is 24.3 Å². The molecule has 1 heteroatoms. The van der Waals surface area contributed by atoms with E-state index in [1.54, 1.807) is 0 Å². The van der Waals surface area contributed by atoms with Crippen LogP contribution in [0.25, 0.3) is 0 Å². The summed E-state index contributed by atoms with van der Waals surface area (Å²) in [5.74, 6) is 0.896. The molecule has 0 aliphatic heterocycles. The summed E-state index contributed by atoms with van der Waals surface area (Å²) in [7, 11) is 0. The van der Waals surface area contributed by atoms with Gasteiger partial charge in [-0.15, -0.1) is 0 Å². The van der Waals surface area contributed by atoms with Crippen LogP contribution in [0.3, 0.4) is 0 Å². The van der Waals surface area contributed by atoms with Crippen LogP contribution in [0.5, 0.6) is 0 Å². The molecular formula is C19H31N. The maximum absolute atomic E-state index is 6.13. The third-order valence-electron chi connectivity index (χ3n) is 5.21. The first-order valence-electron chi connectivity index (χ1n) is 8.18. The summed E-state index contributed by atoms with van der Waals surface area (Å²) in [5, 5.41) is 0. The number of hydrogen-bond acceptors (Lipinski definition) is 1. The Kier molecular flexibility index (Phi) is 4.59. The van der Waals surface area contributed by atoms with Gasteiger partial charge in [0.2, 0.25) is 0 Å². The second-order valence-electron chi connectivity index (χ2n) is 7.84. The largest absolute Gasteiger partial charge is 0.330 e. The van der Waals surface area contributed by atoms with Gasteiger partial charge in [-0.05, 0) is 60.1 Å². The lowest BCUT2D eigenvalue weighted by Gasteiger charge is -2.28. The van der Waals surface area contributed by atoms with E-state index in [1.165, 1.54) is 36.8 Å². The molecule has 0 spiro atoms. The van der Waals surface area contributed by atoms with E-state index >= 15 is 0 Å². The quantitative estimate of drug-likeness (QED) is 0.846. The van der Waals surface area contributed by atoms with Crippen molar-refractivity contribution in [1.29, 1.82) is 0 Å². The SMILES string of the molecule is CCC1CCC(CN)(Cc2ccc(C(C)(C)C)cc2)C1. The number of benzene rings is 1. The number of nitrogens with two attached hydrogens (primary N) is 1. The molecule has 2 atom stereocenters. The predicted octanol–water partition coefficient (Wildman–Crippen LogP) is 4.68. The van der Waals surface area contributed by atoms with E-state index in [0.29, 0.717) is 5.41 Å². The molecule has 0 aromatic heterocycles. The fourth-order valence-corrected chi connectivity index (χ4v) is 3.65. The molecule has 0 heterocycles. The van der Waals surface area contributed by atoms with Crippen molar-refractivity contribution < 1.29 is 0 Å². The number of rotatable bonds is 4. The lowest BCUT2D eigenvalue weighted by atomic mass is 9.78. The summed E-state index contributed by atoms with van der Waals surface area (Å²) in [6.45, 7) is 9.96. The molecule has 1 saturated carbocycles. The fourth-order valence-electron chi connectivity index (χ4n) is 3.65. The molecule has 1 fully saturated rings. The molecule has 20 heavy (non-hydrogen) atoms. The average molecular weight is 273 g/mol. The van der Waals surface area contributed by atoms with Crippen LogP contribution >= 0.6 is 0 Å². The summed E-state index contributed by atoms with van der Waals surface area (Å²) >= 11 is 0. The van der Waals surface area contributed by atoms with Crippen molar-refractivity contribution in [2.24, 2.45) is 17.1 Å². The van der Waals surface area contributed by atoms with Gasteiger partial charge < -0.3 is 5.73 Å². The molecule has 1 aromatic carbocycles. The van der Waals surface area contributed by atoms with Crippen molar-refractivity contribution in [1.82, 2.24) is 0 Å². The zero-order valence-electron chi connectivity index (χ0n) is 13.7. The highest BCUT2D eigenvalue weighted by atomic mass is 14.6. The Morgan fingerprint density at radius 2 is 1.85 bits per heavy atom. The van der Waals surface area contributed by atoms with Gasteiger partial charge in [0.05, 0.1) is 0 Å². The third-order valence-corrected chi connectivity index (χ3v) is 5.21. The van der Waals surface area contributed by atoms with Crippen LogP contribution < -0.4 is 5.73 Å². The Morgan fingerprint density at radius 1 is 1.20 bits per heavy atom. The molecular weight excluding hydrogens is 242 g/mol. The normalized spacial score (nSPS) is 26.9. The molecule has 0 amide bonds. The Morgan fingerprint density at radius 3 is 2.30 bits per heavy atom. The van der Waals surface area contributed by atoms with Gasteiger partial charge in [0.15, 0.2) is 0 Å². The average Bonchev–Trinajstić information content (AvgIpc) is 2.82. The van der Waals surface area contributed by atoms with Crippen molar-refractivity contribution in [2.45, 2.75) is 65.2 Å². The van der Waals surface area contributed by atoms with Crippen LogP contribution in [0.4, 0.5) is 0 Å². The van der Waals surface area contributed by atoms with Crippen LogP contribution in [-0.2, 0) is 11.8 Å². The van der Waals surface area contributed by atoms with Crippen LogP contribution in [-0.4, -0.2) is 6.54 Å². The zero-order valence-corrected chi connectivity index (χ0v) is 13.7. The molecule has 2 unspecified atom stereocenters. The van der Waals surface area contributed by atoms with Gasteiger partial charge in [-0.3, -0.25) is 0 Å². The summed E-state index contributed by atoms with van der Waals surface area (Å²) in [6.07, 6.45) is 6.47. The molecule has 2 rings (SSSR count). The van der Waals surface area contributed by atoms with E-state index in [0.717, 1.165) is 18.9 Å². The van der Waals surface area contributed by atoms with Gasteiger partial charge in [0.1, 0.15) is 0 Å². The van der Waals surface area contributed by atoms with Crippen LogP contribution in [0, 0.1) is 11.3 Å². The minimum Gasteiger partial charge on any atom is -0.330 e. The molecule has 0 bridgehead atoms. The van der Waals surface area contributed by atoms with Crippen molar-refractivity contribution in [2.75, 3.05) is 6.54 Å². The lowest BCUT2D eigenvalue weighted by molar-refractivity contribution is 0.290. The van der Waals surface area contributed by atoms with E-state index in [9.17, 15) is 0 Å². The Labute approximate surface area is 125 Å². The van der Waals surface area contributed by atoms with Gasteiger partial charge in [-0.25, -0.2) is 0 Å². The maximum Gasteiger partial charge on any atom is -0.00172 e. The first kappa shape index (κ1) is 15.6. The van der Waals surface area contributed by atoms with Gasteiger partial charge in [-0.2, -0.15) is 0 Å². The van der Waals surface area contributed by atoms with Crippen LogP contribution in [0.2, 0.25) is 0 Å². The molecule has 0 radical (unpaired) electrons. The topological polar surface area (TPSA) is 26.0 Å². The first-order valence-corrected chi connectivity index (χ1v) is 8.18. The Hall–Kier alpha value is -0.820. The summed E-state index contributed by atoms with van der Waals surface area (Å²) in [5.41, 5.74) is 9.61. The lowest BCUT2D eigenvalue weighted by Crippen LogP contribution is -2.30. The van der Waals surface area contributed by atoms with Gasteiger partial charge in [0, 0.05) is 0 Å². The molecule has 0 saturated heterocycles. The molecule has 112 valence electrons. The summed E-state index contributed by atoms with van der Waals surface area (Å²) in [6, 6.07) is 9.23. The van der Waals surface area contributed by atoms with E-state index in [2.05, 4.69) is 52.0 Å². The second kappa shape index (κ2) is 5.89. The second-order valence-corrected chi connectivity index (χ2v) is 7.84. The number of hydrogen-bond donors (Lipinski definition) is 1. The monoisotopic (exact) mass is 273 g/mol.